The maximum atomic E-state index is 14.4. The number of halogens is 3. The van der Waals surface area contributed by atoms with Gasteiger partial charge in [0.2, 0.25) is 0 Å². The summed E-state index contributed by atoms with van der Waals surface area (Å²) in [6.45, 7) is 3.46. The second-order valence-corrected chi connectivity index (χ2v) is 9.32. The van der Waals surface area contributed by atoms with Crippen molar-refractivity contribution in [3.8, 4) is 0 Å². The van der Waals surface area contributed by atoms with Gasteiger partial charge in [-0.05, 0) is 31.5 Å². The Morgan fingerprint density at radius 1 is 1.25 bits per heavy atom. The lowest BCUT2D eigenvalue weighted by atomic mass is 10.2. The highest BCUT2D eigenvalue weighted by Gasteiger charge is 2.23. The molecule has 0 spiro atoms. The Morgan fingerprint density at radius 2 is 2.00 bits per heavy atom. The van der Waals surface area contributed by atoms with E-state index in [1.807, 2.05) is 4.72 Å². The lowest BCUT2D eigenvalue weighted by Crippen LogP contribution is -2.55. The summed E-state index contributed by atoms with van der Waals surface area (Å²) in [7, 11) is -4.28. The molecule has 28 heavy (non-hydrogen) atoms. The maximum absolute atomic E-state index is 14.4. The normalized spacial score (nSPS) is 14.7. The van der Waals surface area contributed by atoms with Crippen LogP contribution in [0.3, 0.4) is 0 Å². The van der Waals surface area contributed by atoms with Crippen LogP contribution in [0.2, 0.25) is 5.02 Å². The second kappa shape index (κ2) is 9.31. The van der Waals surface area contributed by atoms with Crippen molar-refractivity contribution in [2.24, 2.45) is 0 Å². The van der Waals surface area contributed by atoms with Crippen molar-refractivity contribution in [2.45, 2.75) is 23.8 Å². The number of unbranched alkanes of at least 4 members (excludes halogenated alkanes) is 1. The number of aromatic nitrogens is 1. The SMILES string of the molecule is O=S(=O)(Nc1ncc(F)s1)c1cc(Cl)c(NCCCCNC2CNC2)cc1F. The molecular weight excluding hydrogens is 432 g/mol. The van der Waals surface area contributed by atoms with Gasteiger partial charge in [0.05, 0.1) is 16.9 Å². The van der Waals surface area contributed by atoms with Crippen LogP contribution in [-0.2, 0) is 10.0 Å². The van der Waals surface area contributed by atoms with Crippen LogP contribution in [0, 0.1) is 10.9 Å². The first-order valence-corrected chi connectivity index (χ1v) is 11.3. The predicted molar refractivity (Wildman–Crippen MR) is 107 cm³/mol. The maximum Gasteiger partial charge on any atom is 0.266 e. The van der Waals surface area contributed by atoms with Crippen molar-refractivity contribution in [1.82, 2.24) is 15.6 Å². The molecule has 0 bridgehead atoms. The number of thiazole rings is 1. The van der Waals surface area contributed by atoms with E-state index in [4.69, 9.17) is 11.6 Å². The van der Waals surface area contributed by atoms with Crippen LogP contribution < -0.4 is 20.7 Å². The summed E-state index contributed by atoms with van der Waals surface area (Å²) < 4.78 is 54.0. The standard InChI is InChI=1S/C16H20ClF2N5O2S2/c17-11-5-14(28(25,26)24-16-23-9-15(19)27-16)12(18)6-13(11)22-4-2-1-3-21-10-7-20-8-10/h5-6,9-10,20-22H,1-4,7-8H2,(H,23,24). The van der Waals surface area contributed by atoms with Crippen LogP contribution in [0.5, 0.6) is 0 Å². The first-order chi connectivity index (χ1) is 13.3. The fourth-order valence-electron chi connectivity index (χ4n) is 2.55. The zero-order valence-electron chi connectivity index (χ0n) is 14.8. The molecule has 1 aliphatic rings. The minimum absolute atomic E-state index is 0.0748. The lowest BCUT2D eigenvalue weighted by molar-refractivity contribution is 0.364. The molecule has 2 heterocycles. The van der Waals surface area contributed by atoms with Gasteiger partial charge in [0.15, 0.2) is 10.3 Å². The number of sulfonamides is 1. The first kappa shape index (κ1) is 21.2. The molecule has 0 unspecified atom stereocenters. The molecular formula is C16H20ClF2N5O2S2. The lowest BCUT2D eigenvalue weighted by Gasteiger charge is -2.28. The van der Waals surface area contributed by atoms with E-state index >= 15 is 0 Å². The molecule has 3 rings (SSSR count). The van der Waals surface area contributed by atoms with E-state index in [0.717, 1.165) is 50.8 Å². The molecule has 0 saturated carbocycles. The van der Waals surface area contributed by atoms with E-state index < -0.39 is 25.9 Å². The van der Waals surface area contributed by atoms with Crippen LogP contribution in [0.15, 0.2) is 23.2 Å². The number of nitrogens with zero attached hydrogens (tertiary/aromatic N) is 1. The minimum Gasteiger partial charge on any atom is -0.384 e. The third-order valence-electron chi connectivity index (χ3n) is 4.14. The van der Waals surface area contributed by atoms with Gasteiger partial charge in [-0.2, -0.15) is 4.39 Å². The topological polar surface area (TPSA) is 95.2 Å². The van der Waals surface area contributed by atoms with Gasteiger partial charge in [0, 0.05) is 25.7 Å². The third kappa shape index (κ3) is 5.51. The Bertz CT molecular complexity index is 922. The van der Waals surface area contributed by atoms with Gasteiger partial charge < -0.3 is 16.0 Å². The van der Waals surface area contributed by atoms with Crippen molar-refractivity contribution in [1.29, 1.82) is 0 Å². The summed E-state index contributed by atoms with van der Waals surface area (Å²) in [5.41, 5.74) is 0.314. The van der Waals surface area contributed by atoms with Crippen molar-refractivity contribution in [2.75, 3.05) is 36.2 Å². The fourth-order valence-corrected chi connectivity index (χ4v) is 4.72. The Labute approximate surface area is 170 Å². The van der Waals surface area contributed by atoms with Crippen LogP contribution in [0.4, 0.5) is 19.6 Å². The van der Waals surface area contributed by atoms with Gasteiger partial charge >= 0.3 is 0 Å². The Morgan fingerprint density at radius 3 is 2.64 bits per heavy atom. The molecule has 0 radical (unpaired) electrons. The number of benzene rings is 1. The van der Waals surface area contributed by atoms with E-state index in [9.17, 15) is 17.2 Å². The molecule has 12 heteroatoms. The highest BCUT2D eigenvalue weighted by atomic mass is 35.5. The molecule has 1 aromatic carbocycles. The molecule has 1 aromatic heterocycles. The van der Waals surface area contributed by atoms with Gasteiger partial charge in [-0.1, -0.05) is 22.9 Å². The summed E-state index contributed by atoms with van der Waals surface area (Å²) in [6.07, 6.45) is 2.67. The molecule has 0 amide bonds. The predicted octanol–water partition coefficient (Wildman–Crippen LogP) is 2.63. The molecule has 2 aromatic rings. The van der Waals surface area contributed by atoms with Crippen molar-refractivity contribution >= 4 is 43.8 Å². The summed E-state index contributed by atoms with van der Waals surface area (Å²) >= 11 is 6.61. The molecule has 1 saturated heterocycles. The number of anilines is 2. The molecule has 7 nitrogen and oxygen atoms in total. The highest BCUT2D eigenvalue weighted by Crippen LogP contribution is 2.29. The molecule has 154 valence electrons. The van der Waals surface area contributed by atoms with Crippen LogP contribution in [0.1, 0.15) is 12.8 Å². The van der Waals surface area contributed by atoms with Gasteiger partial charge in [0.1, 0.15) is 10.7 Å². The Hall–Kier alpha value is -1.53. The monoisotopic (exact) mass is 451 g/mol. The minimum atomic E-state index is -4.28. The zero-order chi connectivity index (χ0) is 20.1. The average Bonchev–Trinajstić information content (AvgIpc) is 2.99. The number of nitrogens with one attached hydrogen (secondary N) is 4. The second-order valence-electron chi connectivity index (χ2n) is 6.28. The van der Waals surface area contributed by atoms with Crippen LogP contribution in [-0.4, -0.2) is 45.6 Å². The van der Waals surface area contributed by atoms with E-state index in [2.05, 4.69) is 20.9 Å². The van der Waals surface area contributed by atoms with Gasteiger partial charge in [-0.3, -0.25) is 4.72 Å². The van der Waals surface area contributed by atoms with Gasteiger partial charge in [-0.25, -0.2) is 17.8 Å². The van der Waals surface area contributed by atoms with Crippen molar-refractivity contribution in [3.05, 3.63) is 34.3 Å². The molecule has 0 aliphatic carbocycles. The highest BCUT2D eigenvalue weighted by molar-refractivity contribution is 7.93. The molecule has 1 fully saturated rings. The third-order valence-corrected chi connectivity index (χ3v) is 6.64. The van der Waals surface area contributed by atoms with E-state index in [0.29, 0.717) is 29.6 Å². The van der Waals surface area contributed by atoms with Crippen LogP contribution in [0.25, 0.3) is 0 Å². The zero-order valence-corrected chi connectivity index (χ0v) is 17.2. The fraction of sp³-hybridized carbons (Fsp3) is 0.438. The quantitative estimate of drug-likeness (QED) is 0.415. The molecule has 4 N–H and O–H groups in total. The van der Waals surface area contributed by atoms with E-state index in [-0.39, 0.29) is 10.2 Å². The first-order valence-electron chi connectivity index (χ1n) is 8.66. The van der Waals surface area contributed by atoms with E-state index in [1.54, 1.807) is 0 Å². The Kier molecular flexibility index (Phi) is 7.05. The largest absolute Gasteiger partial charge is 0.384 e. The van der Waals surface area contributed by atoms with Crippen LogP contribution >= 0.6 is 22.9 Å². The summed E-state index contributed by atoms with van der Waals surface area (Å²) in [4.78, 5) is 2.93. The molecule has 0 atom stereocenters. The van der Waals surface area contributed by atoms with E-state index in [1.165, 1.54) is 0 Å². The average molecular weight is 452 g/mol. The number of rotatable bonds is 10. The van der Waals surface area contributed by atoms with Crippen molar-refractivity contribution in [3.63, 3.8) is 0 Å². The summed E-state index contributed by atoms with van der Waals surface area (Å²) in [5.74, 6) is -0.962. The number of hydrogen-bond acceptors (Lipinski definition) is 7. The van der Waals surface area contributed by atoms with Crippen molar-refractivity contribution < 1.29 is 17.2 Å². The summed E-state index contributed by atoms with van der Waals surface area (Å²) in [5, 5.41) is 8.83. The van der Waals surface area contributed by atoms with Gasteiger partial charge in [0.25, 0.3) is 10.0 Å². The summed E-state index contributed by atoms with van der Waals surface area (Å²) in [6, 6.07) is 2.61. The Balaban J connectivity index is 1.55. The smallest absolute Gasteiger partial charge is 0.266 e. The number of hydrogen-bond donors (Lipinski definition) is 4. The molecule has 1 aliphatic heterocycles. The van der Waals surface area contributed by atoms with Gasteiger partial charge in [-0.15, -0.1) is 0 Å².